The Morgan fingerprint density at radius 2 is 2.09 bits per heavy atom. The van der Waals surface area contributed by atoms with Gasteiger partial charge in [-0.1, -0.05) is 19.0 Å². The zero-order valence-electron chi connectivity index (χ0n) is 20.1. The maximum absolute atomic E-state index is 13.1. The SMILES string of the molecule is CCN(CC)CCOC(=O)C1=C(COC)CS[C@@H]2[C@H](NC(=O)/C(=N\OC)c3csc(N)n3)C(=O)N12. The number of esters is 1. The van der Waals surface area contributed by atoms with Crippen LogP contribution in [-0.2, 0) is 28.7 Å². The smallest absolute Gasteiger partial charge is 0.355 e. The number of aromatic nitrogens is 1. The number of β-lactam (4-membered cyclic amide) rings is 1. The van der Waals surface area contributed by atoms with Crippen LogP contribution in [0.3, 0.4) is 0 Å². The minimum absolute atomic E-state index is 0.0980. The third-order valence-electron chi connectivity index (χ3n) is 5.54. The molecule has 2 atom stereocenters. The third kappa shape index (κ3) is 5.94. The van der Waals surface area contributed by atoms with Crippen LogP contribution in [0.1, 0.15) is 19.5 Å². The van der Waals surface area contributed by atoms with E-state index in [0.717, 1.165) is 24.4 Å². The number of hydrogen-bond acceptors (Lipinski definition) is 12. The predicted molar refractivity (Wildman–Crippen MR) is 133 cm³/mol. The van der Waals surface area contributed by atoms with Gasteiger partial charge in [-0.3, -0.25) is 14.5 Å². The number of nitrogens with one attached hydrogen (secondary N) is 1. The van der Waals surface area contributed by atoms with Crippen molar-refractivity contribution in [1.29, 1.82) is 0 Å². The van der Waals surface area contributed by atoms with Crippen LogP contribution >= 0.6 is 23.1 Å². The Labute approximate surface area is 211 Å². The number of nitrogens with zero attached hydrogens (tertiary/aromatic N) is 4. The first-order valence-corrected chi connectivity index (χ1v) is 13.0. The number of nitrogen functional groups attached to an aromatic ring is 1. The van der Waals surface area contributed by atoms with Crippen molar-refractivity contribution in [3.8, 4) is 0 Å². The van der Waals surface area contributed by atoms with E-state index in [4.69, 9.17) is 20.0 Å². The lowest BCUT2D eigenvalue weighted by Gasteiger charge is -2.49. The van der Waals surface area contributed by atoms with Gasteiger partial charge in [-0.05, 0) is 18.7 Å². The number of ether oxygens (including phenoxy) is 2. The van der Waals surface area contributed by atoms with Crippen LogP contribution < -0.4 is 11.1 Å². The second-order valence-corrected chi connectivity index (χ2v) is 9.60. The molecule has 12 nitrogen and oxygen atoms in total. The molecule has 1 aromatic heterocycles. The monoisotopic (exact) mass is 526 g/mol. The van der Waals surface area contributed by atoms with Crippen LogP contribution in [0.15, 0.2) is 21.8 Å². The quantitative estimate of drug-likeness (QED) is 0.168. The second kappa shape index (κ2) is 12.3. The van der Waals surface area contributed by atoms with E-state index < -0.39 is 29.2 Å². The number of likely N-dealkylation sites (N-methyl/N-ethyl adjacent to an activating group) is 1. The molecule has 1 saturated heterocycles. The first-order valence-electron chi connectivity index (χ1n) is 11.0. The van der Waals surface area contributed by atoms with Gasteiger partial charge in [0.05, 0.1) is 6.61 Å². The highest BCUT2D eigenvalue weighted by Gasteiger charge is 2.54. The van der Waals surface area contributed by atoms with E-state index in [1.807, 2.05) is 13.8 Å². The van der Waals surface area contributed by atoms with Crippen LogP contribution in [0.2, 0.25) is 0 Å². The minimum atomic E-state index is -0.854. The Hall–Kier alpha value is -2.68. The second-order valence-electron chi connectivity index (χ2n) is 7.60. The molecule has 0 saturated carbocycles. The molecule has 0 radical (unpaired) electrons. The summed E-state index contributed by atoms with van der Waals surface area (Å²) in [6, 6.07) is -0.854. The van der Waals surface area contributed by atoms with Crippen molar-refractivity contribution in [2.75, 3.05) is 58.6 Å². The minimum Gasteiger partial charge on any atom is -0.460 e. The van der Waals surface area contributed by atoms with Crippen LogP contribution in [0, 0.1) is 0 Å². The Bertz CT molecular complexity index is 1010. The number of amides is 2. The Morgan fingerprint density at radius 3 is 2.69 bits per heavy atom. The lowest BCUT2D eigenvalue weighted by atomic mass is 10.0. The van der Waals surface area contributed by atoms with Gasteiger partial charge in [0.25, 0.3) is 11.8 Å². The molecule has 0 aliphatic carbocycles. The van der Waals surface area contributed by atoms with Crippen LogP contribution in [0.4, 0.5) is 5.13 Å². The highest BCUT2D eigenvalue weighted by molar-refractivity contribution is 8.00. The molecular weight excluding hydrogens is 496 g/mol. The zero-order chi connectivity index (χ0) is 25.5. The van der Waals surface area contributed by atoms with Crippen molar-refractivity contribution in [2.24, 2.45) is 5.16 Å². The fraction of sp³-hybridized carbons (Fsp3) is 0.571. The average molecular weight is 527 g/mol. The molecule has 0 spiro atoms. The normalized spacial score (nSPS) is 20.0. The molecule has 3 N–H and O–H groups in total. The fourth-order valence-corrected chi connectivity index (χ4v) is 5.61. The van der Waals surface area contributed by atoms with E-state index >= 15 is 0 Å². The van der Waals surface area contributed by atoms with Crippen molar-refractivity contribution in [1.82, 2.24) is 20.1 Å². The van der Waals surface area contributed by atoms with Gasteiger partial charge >= 0.3 is 5.97 Å². The summed E-state index contributed by atoms with van der Waals surface area (Å²) in [5, 5.41) is 7.80. The van der Waals surface area contributed by atoms with Crippen molar-refractivity contribution in [3.05, 3.63) is 22.3 Å². The van der Waals surface area contributed by atoms with Gasteiger partial charge in [0, 0.05) is 24.8 Å². The molecule has 192 valence electrons. The van der Waals surface area contributed by atoms with Gasteiger partial charge in [0.1, 0.15) is 36.5 Å². The molecule has 1 fully saturated rings. The molecule has 2 aliphatic heterocycles. The number of fused-ring (bicyclic) bond motifs is 1. The summed E-state index contributed by atoms with van der Waals surface area (Å²) in [4.78, 5) is 51.3. The van der Waals surface area contributed by atoms with E-state index in [0.29, 0.717) is 17.9 Å². The number of hydrogen-bond donors (Lipinski definition) is 2. The molecule has 0 unspecified atom stereocenters. The molecular formula is C21H30N6O6S2. The topological polar surface area (TPSA) is 149 Å². The number of methoxy groups -OCH3 is 1. The number of rotatable bonds is 12. The lowest BCUT2D eigenvalue weighted by Crippen LogP contribution is -2.71. The molecule has 14 heteroatoms. The van der Waals surface area contributed by atoms with Crippen LogP contribution in [0.25, 0.3) is 0 Å². The lowest BCUT2D eigenvalue weighted by molar-refractivity contribution is -0.152. The number of anilines is 1. The molecule has 3 rings (SSSR count). The van der Waals surface area contributed by atoms with E-state index in [9.17, 15) is 14.4 Å². The van der Waals surface area contributed by atoms with Crippen molar-refractivity contribution < 1.29 is 28.7 Å². The molecule has 2 amide bonds. The molecule has 0 bridgehead atoms. The van der Waals surface area contributed by atoms with Crippen LogP contribution in [-0.4, -0.2) is 103 Å². The molecule has 0 aromatic carbocycles. The third-order valence-corrected chi connectivity index (χ3v) is 7.56. The van der Waals surface area contributed by atoms with Crippen LogP contribution in [0.5, 0.6) is 0 Å². The number of carbonyl (C=O) groups is 3. The maximum Gasteiger partial charge on any atom is 0.355 e. The highest BCUT2D eigenvalue weighted by atomic mass is 32.2. The number of thiazole rings is 1. The van der Waals surface area contributed by atoms with Crippen molar-refractivity contribution in [2.45, 2.75) is 25.3 Å². The van der Waals surface area contributed by atoms with Crippen molar-refractivity contribution in [3.63, 3.8) is 0 Å². The zero-order valence-corrected chi connectivity index (χ0v) is 21.7. The number of nitrogens with two attached hydrogens (primary N) is 1. The summed E-state index contributed by atoms with van der Waals surface area (Å²) < 4.78 is 10.7. The molecule has 2 aliphatic rings. The van der Waals surface area contributed by atoms with Gasteiger partial charge in [-0.25, -0.2) is 9.78 Å². The summed E-state index contributed by atoms with van der Waals surface area (Å²) in [6.07, 6.45) is 0. The van der Waals surface area contributed by atoms with Crippen molar-refractivity contribution >= 4 is 51.7 Å². The van der Waals surface area contributed by atoms with Gasteiger partial charge in [0.2, 0.25) is 0 Å². The summed E-state index contributed by atoms with van der Waals surface area (Å²) in [5.41, 5.74) is 6.66. The number of thioether (sulfide) groups is 1. The first-order chi connectivity index (χ1) is 16.9. The largest absolute Gasteiger partial charge is 0.460 e. The molecule has 35 heavy (non-hydrogen) atoms. The Balaban J connectivity index is 1.72. The summed E-state index contributed by atoms with van der Waals surface area (Å²) in [5.74, 6) is -1.18. The molecule has 3 heterocycles. The summed E-state index contributed by atoms with van der Waals surface area (Å²) >= 11 is 2.58. The first kappa shape index (κ1) is 26.9. The maximum atomic E-state index is 13.1. The summed E-state index contributed by atoms with van der Waals surface area (Å²) in [7, 11) is 2.83. The van der Waals surface area contributed by atoms with Gasteiger partial charge in [-0.15, -0.1) is 23.1 Å². The fourth-order valence-electron chi connectivity index (χ4n) is 3.73. The summed E-state index contributed by atoms with van der Waals surface area (Å²) in [6.45, 7) is 6.75. The number of oxime groups is 1. The van der Waals surface area contributed by atoms with Gasteiger partial charge in [0.15, 0.2) is 10.8 Å². The van der Waals surface area contributed by atoms with E-state index in [2.05, 4.69) is 20.4 Å². The standard InChI is InChI=1S/C21H30N6O6S2/c1-5-26(6-2)7-8-33-20(30)16-12(9-31-3)10-34-19-15(18(29)27(16)19)24-17(28)14(25-32-4)13-11-35-21(22)23-13/h11,15,19H,5-10H2,1-4H3,(H2,22,23)(H,24,28)/b25-14-/t15-,19-/m1/s1. The average Bonchev–Trinajstić information content (AvgIpc) is 3.28. The Morgan fingerprint density at radius 1 is 1.34 bits per heavy atom. The molecule has 1 aromatic rings. The number of carbonyl (C=O) groups excluding carboxylic acids is 3. The van der Waals surface area contributed by atoms with E-state index in [1.54, 1.807) is 5.38 Å². The van der Waals surface area contributed by atoms with E-state index in [-0.39, 0.29) is 35.4 Å². The van der Waals surface area contributed by atoms with Gasteiger partial charge < -0.3 is 30.3 Å². The van der Waals surface area contributed by atoms with E-state index in [1.165, 1.54) is 30.9 Å². The highest BCUT2D eigenvalue weighted by Crippen LogP contribution is 2.40. The predicted octanol–water partition coefficient (Wildman–Crippen LogP) is 0.261. The Kier molecular flexibility index (Phi) is 9.48. The van der Waals surface area contributed by atoms with Gasteiger partial charge in [-0.2, -0.15) is 0 Å².